The van der Waals surface area contributed by atoms with Crippen LogP contribution in [0.2, 0.25) is 0 Å². The van der Waals surface area contributed by atoms with E-state index in [1.807, 2.05) is 0 Å². The molecule has 0 aliphatic carbocycles. The molecule has 2 amide bonds. The summed E-state index contributed by atoms with van der Waals surface area (Å²) in [7, 11) is 1.55. The third kappa shape index (κ3) is 6.22. The van der Waals surface area contributed by atoms with Crippen LogP contribution in [-0.4, -0.2) is 40.6 Å². The van der Waals surface area contributed by atoms with E-state index in [0.717, 1.165) is 11.8 Å². The molecule has 128 valence electrons. The molecule has 0 bridgehead atoms. The quantitative estimate of drug-likeness (QED) is 0.739. The SMILES string of the molecule is COCc1nnc(NC(=O)CSCC(=O)Nc2ccc(F)cc2)s1. The molecule has 7 nitrogen and oxygen atoms in total. The second kappa shape index (κ2) is 9.30. The minimum atomic E-state index is -0.371. The standard InChI is InChI=1S/C14H15FN4O3S2/c1-22-6-13-18-19-14(24-13)17-12(21)8-23-7-11(20)16-10-4-2-9(15)3-5-10/h2-5H,6-8H2,1H3,(H,16,20)(H,17,19,21). The maximum atomic E-state index is 12.8. The van der Waals surface area contributed by atoms with Gasteiger partial charge in [0.05, 0.1) is 11.5 Å². The molecule has 2 aromatic rings. The van der Waals surface area contributed by atoms with Gasteiger partial charge in [-0.1, -0.05) is 11.3 Å². The van der Waals surface area contributed by atoms with Crippen LogP contribution in [0, 0.1) is 5.82 Å². The molecule has 2 N–H and O–H groups in total. The fourth-order valence-corrected chi connectivity index (χ4v) is 2.95. The van der Waals surface area contributed by atoms with Gasteiger partial charge < -0.3 is 10.1 Å². The van der Waals surface area contributed by atoms with Gasteiger partial charge in [-0.15, -0.1) is 22.0 Å². The number of carbonyl (C=O) groups is 2. The van der Waals surface area contributed by atoms with Crippen LogP contribution in [-0.2, 0) is 20.9 Å². The van der Waals surface area contributed by atoms with Crippen molar-refractivity contribution in [1.82, 2.24) is 10.2 Å². The Morgan fingerprint density at radius 1 is 1.17 bits per heavy atom. The average Bonchev–Trinajstić information content (AvgIpc) is 2.97. The van der Waals surface area contributed by atoms with E-state index < -0.39 is 0 Å². The number of halogens is 1. The molecular weight excluding hydrogens is 355 g/mol. The zero-order valence-corrected chi connectivity index (χ0v) is 14.4. The Hall–Kier alpha value is -2.04. The van der Waals surface area contributed by atoms with E-state index >= 15 is 0 Å². The normalized spacial score (nSPS) is 10.4. The van der Waals surface area contributed by atoms with Gasteiger partial charge in [0.2, 0.25) is 16.9 Å². The third-order valence-corrected chi connectivity index (χ3v) is 4.32. The molecule has 0 radical (unpaired) electrons. The largest absolute Gasteiger partial charge is 0.377 e. The third-order valence-electron chi connectivity index (χ3n) is 2.58. The van der Waals surface area contributed by atoms with Gasteiger partial charge in [0.15, 0.2) is 0 Å². The summed E-state index contributed by atoms with van der Waals surface area (Å²) in [5, 5.41) is 14.0. The number of rotatable bonds is 8. The number of carbonyl (C=O) groups excluding carboxylic acids is 2. The van der Waals surface area contributed by atoms with E-state index in [4.69, 9.17) is 4.74 Å². The fraction of sp³-hybridized carbons (Fsp3) is 0.286. The van der Waals surface area contributed by atoms with Crippen LogP contribution in [0.25, 0.3) is 0 Å². The maximum absolute atomic E-state index is 12.8. The van der Waals surface area contributed by atoms with Crippen molar-refractivity contribution in [2.75, 3.05) is 29.2 Å². The molecule has 1 heterocycles. The summed E-state index contributed by atoms with van der Waals surface area (Å²) < 4.78 is 17.7. The second-order valence-corrected chi connectivity index (χ2v) is 6.58. The second-order valence-electron chi connectivity index (χ2n) is 4.53. The summed E-state index contributed by atoms with van der Waals surface area (Å²) in [5.41, 5.74) is 0.506. The minimum absolute atomic E-state index is 0.107. The number of hydrogen-bond acceptors (Lipinski definition) is 7. The molecule has 0 unspecified atom stereocenters. The van der Waals surface area contributed by atoms with Crippen molar-refractivity contribution in [2.45, 2.75) is 6.61 Å². The first-order valence-corrected chi connectivity index (χ1v) is 8.78. The van der Waals surface area contributed by atoms with E-state index in [9.17, 15) is 14.0 Å². The highest BCUT2D eigenvalue weighted by Crippen LogP contribution is 2.16. The zero-order chi connectivity index (χ0) is 17.4. The molecule has 0 aliphatic heterocycles. The molecule has 0 saturated heterocycles. The Morgan fingerprint density at radius 3 is 2.50 bits per heavy atom. The Bertz CT molecular complexity index is 694. The Morgan fingerprint density at radius 2 is 1.83 bits per heavy atom. The van der Waals surface area contributed by atoms with Crippen molar-refractivity contribution in [3.8, 4) is 0 Å². The lowest BCUT2D eigenvalue weighted by Crippen LogP contribution is -2.18. The van der Waals surface area contributed by atoms with Crippen molar-refractivity contribution >= 4 is 45.7 Å². The molecule has 24 heavy (non-hydrogen) atoms. The molecule has 0 saturated carbocycles. The van der Waals surface area contributed by atoms with E-state index in [1.54, 1.807) is 7.11 Å². The van der Waals surface area contributed by atoms with Crippen molar-refractivity contribution in [1.29, 1.82) is 0 Å². The van der Waals surface area contributed by atoms with Crippen molar-refractivity contribution in [2.24, 2.45) is 0 Å². The highest BCUT2D eigenvalue weighted by Gasteiger charge is 2.10. The van der Waals surface area contributed by atoms with Gasteiger partial charge in [0.25, 0.3) is 0 Å². The Balaban J connectivity index is 1.67. The van der Waals surface area contributed by atoms with Crippen molar-refractivity contribution in [3.05, 3.63) is 35.1 Å². The first kappa shape index (κ1) is 18.3. The van der Waals surface area contributed by atoms with Crippen molar-refractivity contribution < 1.29 is 18.7 Å². The van der Waals surface area contributed by atoms with Crippen LogP contribution >= 0.6 is 23.1 Å². The van der Waals surface area contributed by atoms with Gasteiger partial charge >= 0.3 is 0 Å². The van der Waals surface area contributed by atoms with E-state index in [1.165, 1.54) is 35.6 Å². The average molecular weight is 370 g/mol. The summed E-state index contributed by atoms with van der Waals surface area (Å²) >= 11 is 2.39. The Kier molecular flexibility index (Phi) is 7.09. The highest BCUT2D eigenvalue weighted by molar-refractivity contribution is 8.00. The van der Waals surface area contributed by atoms with Gasteiger partial charge in [0, 0.05) is 12.8 Å². The number of amides is 2. The fourth-order valence-electron chi connectivity index (χ4n) is 1.61. The molecular formula is C14H15FN4O3S2. The number of ether oxygens (including phenoxy) is 1. The monoisotopic (exact) mass is 370 g/mol. The summed E-state index contributed by atoms with van der Waals surface area (Å²) in [6, 6.07) is 5.46. The first-order valence-electron chi connectivity index (χ1n) is 6.81. The topological polar surface area (TPSA) is 93.2 Å². The highest BCUT2D eigenvalue weighted by atomic mass is 32.2. The summed E-state index contributed by atoms with van der Waals surface area (Å²) in [6.07, 6.45) is 0. The van der Waals surface area contributed by atoms with E-state index in [2.05, 4.69) is 20.8 Å². The summed E-state index contributed by atoms with van der Waals surface area (Å²) in [4.78, 5) is 23.5. The van der Waals surface area contributed by atoms with Crippen LogP contribution in [0.3, 0.4) is 0 Å². The van der Waals surface area contributed by atoms with Gasteiger partial charge in [-0.05, 0) is 24.3 Å². The number of nitrogens with one attached hydrogen (secondary N) is 2. The van der Waals surface area contributed by atoms with Crippen LogP contribution in [0.1, 0.15) is 5.01 Å². The van der Waals surface area contributed by atoms with Crippen LogP contribution < -0.4 is 10.6 Å². The summed E-state index contributed by atoms with van der Waals surface area (Å²) in [5.74, 6) is -0.692. The molecule has 0 aliphatic rings. The molecule has 0 spiro atoms. The first-order chi connectivity index (χ1) is 11.6. The predicted molar refractivity (Wildman–Crippen MR) is 91.6 cm³/mol. The lowest BCUT2D eigenvalue weighted by Gasteiger charge is -2.05. The smallest absolute Gasteiger partial charge is 0.236 e. The van der Waals surface area contributed by atoms with Gasteiger partial charge in [-0.25, -0.2) is 4.39 Å². The molecule has 1 aromatic heterocycles. The van der Waals surface area contributed by atoms with Gasteiger partial charge in [-0.3, -0.25) is 14.9 Å². The molecule has 2 rings (SSSR count). The number of nitrogens with zero attached hydrogens (tertiary/aromatic N) is 2. The van der Waals surface area contributed by atoms with Gasteiger partial charge in [0.1, 0.15) is 17.4 Å². The van der Waals surface area contributed by atoms with Crippen LogP contribution in [0.15, 0.2) is 24.3 Å². The minimum Gasteiger partial charge on any atom is -0.377 e. The zero-order valence-electron chi connectivity index (χ0n) is 12.7. The predicted octanol–water partition coefficient (Wildman–Crippen LogP) is 2.13. The maximum Gasteiger partial charge on any atom is 0.236 e. The number of methoxy groups -OCH3 is 1. The molecule has 1 aromatic carbocycles. The molecule has 0 atom stereocenters. The van der Waals surface area contributed by atoms with Crippen LogP contribution in [0.5, 0.6) is 0 Å². The van der Waals surface area contributed by atoms with Crippen molar-refractivity contribution in [3.63, 3.8) is 0 Å². The van der Waals surface area contributed by atoms with Gasteiger partial charge in [-0.2, -0.15) is 0 Å². The number of thioether (sulfide) groups is 1. The van der Waals surface area contributed by atoms with E-state index in [0.29, 0.717) is 22.4 Å². The lowest BCUT2D eigenvalue weighted by molar-refractivity contribution is -0.114. The lowest BCUT2D eigenvalue weighted by atomic mass is 10.3. The number of benzene rings is 1. The number of aromatic nitrogens is 2. The summed E-state index contributed by atoms with van der Waals surface area (Å²) in [6.45, 7) is 0.339. The number of anilines is 2. The van der Waals surface area contributed by atoms with Crippen LogP contribution in [0.4, 0.5) is 15.2 Å². The van der Waals surface area contributed by atoms with E-state index in [-0.39, 0.29) is 29.1 Å². The molecule has 0 fully saturated rings. The number of hydrogen-bond donors (Lipinski definition) is 2. The Labute approximate surface area is 146 Å². The molecule has 10 heteroatoms.